The maximum Gasteiger partial charge on any atom is 0.305 e. The molecule has 18 heavy (non-hydrogen) atoms. The molecule has 0 aromatic heterocycles. The van der Waals surface area contributed by atoms with E-state index in [2.05, 4.69) is 0 Å². The molecule has 1 aromatic rings. The third-order valence-electron chi connectivity index (χ3n) is 3.42. The second-order valence-electron chi connectivity index (χ2n) is 4.96. The van der Waals surface area contributed by atoms with E-state index in [1.54, 1.807) is 13.0 Å². The molecule has 0 saturated heterocycles. The van der Waals surface area contributed by atoms with Gasteiger partial charge in [0, 0.05) is 20.3 Å². The van der Waals surface area contributed by atoms with Gasteiger partial charge in [0.1, 0.15) is 11.5 Å². The fourth-order valence-corrected chi connectivity index (χ4v) is 2.27. The van der Waals surface area contributed by atoms with E-state index < -0.39 is 5.79 Å². The molecule has 1 heterocycles. The van der Waals surface area contributed by atoms with Crippen molar-refractivity contribution < 1.29 is 19.4 Å². The van der Waals surface area contributed by atoms with Gasteiger partial charge in [-0.3, -0.25) is 4.79 Å². The minimum atomic E-state index is -0.910. The van der Waals surface area contributed by atoms with Crippen LogP contribution >= 0.6 is 0 Å². The lowest BCUT2D eigenvalue weighted by molar-refractivity contribution is -0.194. The average Bonchev–Trinajstić information content (AvgIpc) is 2.26. The number of carbonyl (C=O) groups excluding carboxylic acids is 1. The summed E-state index contributed by atoms with van der Waals surface area (Å²) >= 11 is 0. The van der Waals surface area contributed by atoms with Crippen LogP contribution in [0, 0.1) is 13.8 Å². The maximum atomic E-state index is 11.1. The highest BCUT2D eigenvalue weighted by Gasteiger charge is 2.35. The molecule has 98 valence electrons. The van der Waals surface area contributed by atoms with Gasteiger partial charge in [0.2, 0.25) is 0 Å². The third kappa shape index (κ3) is 2.15. The van der Waals surface area contributed by atoms with Gasteiger partial charge in [0.15, 0.2) is 0 Å². The Kier molecular flexibility index (Phi) is 2.97. The van der Waals surface area contributed by atoms with Crippen LogP contribution < -0.4 is 4.74 Å². The minimum Gasteiger partial charge on any atom is -0.508 e. The topological polar surface area (TPSA) is 55.8 Å². The lowest BCUT2D eigenvalue weighted by atomic mass is 9.95. The fraction of sp³-hybridized carbons (Fsp3) is 0.500. The lowest BCUT2D eigenvalue weighted by Crippen LogP contribution is -2.40. The Morgan fingerprint density at radius 3 is 2.72 bits per heavy atom. The first-order chi connectivity index (χ1) is 8.32. The largest absolute Gasteiger partial charge is 0.508 e. The van der Waals surface area contributed by atoms with E-state index in [4.69, 9.17) is 9.47 Å². The summed E-state index contributed by atoms with van der Waals surface area (Å²) < 4.78 is 11.1. The van der Waals surface area contributed by atoms with Gasteiger partial charge < -0.3 is 14.6 Å². The number of phenolic OH excluding ortho intramolecular Hbond substituents is 1. The van der Waals surface area contributed by atoms with Crippen LogP contribution in [0.15, 0.2) is 6.07 Å². The van der Waals surface area contributed by atoms with Gasteiger partial charge in [-0.15, -0.1) is 0 Å². The molecule has 4 heteroatoms. The quantitative estimate of drug-likeness (QED) is 0.778. The Hall–Kier alpha value is -1.71. The molecule has 0 aliphatic carbocycles. The molecular weight excluding hydrogens is 232 g/mol. The van der Waals surface area contributed by atoms with E-state index in [-0.39, 0.29) is 11.7 Å². The van der Waals surface area contributed by atoms with Crippen LogP contribution in [-0.2, 0) is 16.0 Å². The number of esters is 1. The highest BCUT2D eigenvalue weighted by atomic mass is 16.7. The molecule has 0 bridgehead atoms. The highest BCUT2D eigenvalue weighted by Crippen LogP contribution is 2.40. The van der Waals surface area contributed by atoms with Crippen LogP contribution in [0.1, 0.15) is 37.0 Å². The van der Waals surface area contributed by atoms with E-state index in [9.17, 15) is 9.90 Å². The van der Waals surface area contributed by atoms with E-state index >= 15 is 0 Å². The first kappa shape index (κ1) is 12.7. The van der Waals surface area contributed by atoms with E-state index in [1.165, 1.54) is 6.92 Å². The Balaban J connectivity index is 2.40. The van der Waals surface area contributed by atoms with Crippen LogP contribution in [0.4, 0.5) is 0 Å². The number of hydrogen-bond acceptors (Lipinski definition) is 4. The molecule has 1 aliphatic rings. The first-order valence-electron chi connectivity index (χ1n) is 6.03. The summed E-state index contributed by atoms with van der Waals surface area (Å²) in [4.78, 5) is 11.1. The predicted octanol–water partition coefficient (Wildman–Crippen LogP) is 2.61. The van der Waals surface area contributed by atoms with Crippen molar-refractivity contribution in [3.63, 3.8) is 0 Å². The summed E-state index contributed by atoms with van der Waals surface area (Å²) in [6.07, 6.45) is 1.30. The summed E-state index contributed by atoms with van der Waals surface area (Å²) in [5.74, 6) is -0.257. The number of carbonyl (C=O) groups is 1. The van der Waals surface area contributed by atoms with Crippen molar-refractivity contribution in [2.75, 3.05) is 0 Å². The van der Waals surface area contributed by atoms with Gasteiger partial charge in [-0.05, 0) is 43.0 Å². The lowest BCUT2D eigenvalue weighted by Gasteiger charge is -2.35. The molecule has 0 saturated carbocycles. The second kappa shape index (κ2) is 4.19. The van der Waals surface area contributed by atoms with Crippen molar-refractivity contribution in [2.24, 2.45) is 0 Å². The monoisotopic (exact) mass is 250 g/mol. The zero-order valence-electron chi connectivity index (χ0n) is 11.2. The van der Waals surface area contributed by atoms with Crippen LogP contribution in [-0.4, -0.2) is 16.9 Å². The normalized spacial score (nSPS) is 22.0. The number of fused-ring (bicyclic) bond motifs is 1. The number of ether oxygens (including phenoxy) is 2. The van der Waals surface area contributed by atoms with Crippen LogP contribution in [0.5, 0.6) is 11.5 Å². The van der Waals surface area contributed by atoms with Crippen molar-refractivity contribution in [3.8, 4) is 11.5 Å². The van der Waals surface area contributed by atoms with Crippen molar-refractivity contribution in [1.82, 2.24) is 0 Å². The third-order valence-corrected chi connectivity index (χ3v) is 3.42. The number of benzene rings is 1. The highest BCUT2D eigenvalue weighted by molar-refractivity contribution is 5.66. The molecule has 4 nitrogen and oxygen atoms in total. The molecule has 0 radical (unpaired) electrons. The van der Waals surface area contributed by atoms with Gasteiger partial charge >= 0.3 is 5.97 Å². The summed E-state index contributed by atoms with van der Waals surface area (Å²) in [7, 11) is 0. The molecule has 0 amide bonds. The predicted molar refractivity (Wildman–Crippen MR) is 66.7 cm³/mol. The van der Waals surface area contributed by atoms with Gasteiger partial charge in [-0.1, -0.05) is 0 Å². The summed E-state index contributed by atoms with van der Waals surface area (Å²) in [5, 5.41) is 9.79. The Morgan fingerprint density at radius 2 is 2.11 bits per heavy atom. The zero-order chi connectivity index (χ0) is 13.5. The van der Waals surface area contributed by atoms with Gasteiger partial charge in [-0.2, -0.15) is 0 Å². The number of hydrogen-bond donors (Lipinski definition) is 1. The van der Waals surface area contributed by atoms with Crippen molar-refractivity contribution >= 4 is 5.97 Å². The smallest absolute Gasteiger partial charge is 0.305 e. The Bertz CT molecular complexity index is 507. The summed E-state index contributed by atoms with van der Waals surface area (Å²) in [5.41, 5.74) is 2.64. The Morgan fingerprint density at radius 1 is 1.44 bits per heavy atom. The van der Waals surface area contributed by atoms with E-state index in [1.807, 2.05) is 13.8 Å². The molecule has 1 atom stereocenters. The van der Waals surface area contributed by atoms with Crippen molar-refractivity contribution in [1.29, 1.82) is 0 Å². The van der Waals surface area contributed by atoms with E-state index in [0.717, 1.165) is 22.4 Å². The van der Waals surface area contributed by atoms with Crippen LogP contribution in [0.3, 0.4) is 0 Å². The van der Waals surface area contributed by atoms with Crippen molar-refractivity contribution in [3.05, 3.63) is 22.8 Å². The van der Waals surface area contributed by atoms with Gasteiger partial charge in [0.25, 0.3) is 5.79 Å². The maximum absolute atomic E-state index is 11.1. The Labute approximate surface area is 107 Å². The van der Waals surface area contributed by atoms with Crippen LogP contribution in [0.25, 0.3) is 0 Å². The van der Waals surface area contributed by atoms with Gasteiger partial charge in [-0.25, -0.2) is 0 Å². The number of aromatic hydroxyl groups is 1. The fourth-order valence-electron chi connectivity index (χ4n) is 2.27. The second-order valence-corrected chi connectivity index (χ2v) is 4.96. The average molecular weight is 250 g/mol. The SMILES string of the molecule is CC(=O)OC1(C)CCc2cc(O)c(C)c(C)c2O1. The molecule has 1 unspecified atom stereocenters. The number of phenols is 1. The minimum absolute atomic E-state index is 0.283. The van der Waals surface area contributed by atoms with Crippen LogP contribution in [0.2, 0.25) is 0 Å². The molecule has 0 spiro atoms. The molecule has 2 rings (SSSR count). The molecule has 1 N–H and O–H groups in total. The zero-order valence-corrected chi connectivity index (χ0v) is 11.2. The first-order valence-corrected chi connectivity index (χ1v) is 6.03. The number of rotatable bonds is 1. The van der Waals surface area contributed by atoms with Gasteiger partial charge in [0.05, 0.1) is 0 Å². The van der Waals surface area contributed by atoms with Crippen molar-refractivity contribution in [2.45, 2.75) is 46.3 Å². The molecule has 1 aliphatic heterocycles. The molecule has 1 aromatic carbocycles. The van der Waals surface area contributed by atoms with E-state index in [0.29, 0.717) is 12.8 Å². The summed E-state index contributed by atoms with van der Waals surface area (Å²) in [6, 6.07) is 1.73. The summed E-state index contributed by atoms with van der Waals surface area (Å²) in [6.45, 7) is 6.87. The molecular formula is C14H18O4. The number of aryl methyl sites for hydroxylation is 1. The standard InChI is InChI=1S/C14H18O4/c1-8-9(2)13-11(7-12(8)16)5-6-14(4,18-13)17-10(3)15/h7,16H,5-6H2,1-4H3. The molecule has 0 fully saturated rings.